The summed E-state index contributed by atoms with van der Waals surface area (Å²) in [5.74, 6) is -0.832. The smallest absolute Gasteiger partial charge is 0.273 e. The second-order valence-corrected chi connectivity index (χ2v) is 9.61. The molecule has 0 saturated carbocycles. The lowest BCUT2D eigenvalue weighted by Crippen LogP contribution is -2.47. The normalized spacial score (nSPS) is 14.0. The molecule has 1 heterocycles. The van der Waals surface area contributed by atoms with Crippen molar-refractivity contribution in [1.29, 1.82) is 0 Å². The van der Waals surface area contributed by atoms with Gasteiger partial charge in [-0.1, -0.05) is 74.5 Å². The fourth-order valence-electron chi connectivity index (χ4n) is 5.04. The summed E-state index contributed by atoms with van der Waals surface area (Å²) in [6.45, 7) is 3.33. The topological polar surface area (TPSA) is 114 Å². The molecule has 0 radical (unpaired) electrons. The van der Waals surface area contributed by atoms with E-state index in [4.69, 9.17) is 0 Å². The first-order chi connectivity index (χ1) is 17.2. The molecule has 0 fully saturated rings. The summed E-state index contributed by atoms with van der Waals surface area (Å²) in [5.41, 5.74) is 0.337. The number of nitro groups is 1. The zero-order chi connectivity index (χ0) is 25.5. The Morgan fingerprint density at radius 2 is 1.64 bits per heavy atom. The fourth-order valence-corrected chi connectivity index (χ4v) is 5.04. The molecule has 0 aliphatic heterocycles. The van der Waals surface area contributed by atoms with E-state index in [-0.39, 0.29) is 28.7 Å². The van der Waals surface area contributed by atoms with Crippen LogP contribution in [0.5, 0.6) is 0 Å². The number of nitrogens with zero attached hydrogens (tertiary/aromatic N) is 3. The first-order valence-electron chi connectivity index (χ1n) is 11.5. The van der Waals surface area contributed by atoms with Gasteiger partial charge in [0.05, 0.1) is 11.0 Å². The van der Waals surface area contributed by atoms with Crippen molar-refractivity contribution in [3.05, 3.63) is 111 Å². The molecule has 8 nitrogen and oxygen atoms in total. The summed E-state index contributed by atoms with van der Waals surface area (Å²) in [4.78, 5) is 30.2. The summed E-state index contributed by atoms with van der Waals surface area (Å²) < 4.78 is 14.1. The second kappa shape index (κ2) is 8.67. The number of hydrogen-bond acceptors (Lipinski definition) is 5. The first-order valence-corrected chi connectivity index (χ1v) is 11.5. The number of fused-ring (bicyclic) bond motifs is 2. The van der Waals surface area contributed by atoms with Gasteiger partial charge in [-0.05, 0) is 29.7 Å². The lowest BCUT2D eigenvalue weighted by atomic mass is 9.65. The molecule has 182 valence electrons. The number of carbonyl (C=O) groups excluding carboxylic acids is 1. The lowest BCUT2D eigenvalue weighted by Gasteiger charge is -2.37. The number of H-pyrrole nitrogens is 1. The van der Waals surface area contributed by atoms with Crippen LogP contribution >= 0.6 is 0 Å². The number of hydrogen-bond donors (Lipinski definition) is 2. The fraction of sp³-hybridized carbons (Fsp3) is 0.222. The molecule has 0 spiro atoms. The molecule has 1 amide bonds. The minimum atomic E-state index is -1.61. The molecule has 0 unspecified atom stereocenters. The van der Waals surface area contributed by atoms with E-state index in [1.165, 1.54) is 6.07 Å². The van der Waals surface area contributed by atoms with Crippen LogP contribution in [0.2, 0.25) is 0 Å². The standard InChI is InChI=1S/C27H24FN5O3/c1-26(2,24(34)30-25-29-23(31-32-25)19-11-5-8-14-22(19)28)16-27(33(35)36)20-12-6-3-9-17(20)15-18-10-4-7-13-21(18)27/h3-14H,15-16H2,1-2H3,(H2,29,30,31,32,34). The number of halogens is 1. The third kappa shape index (κ3) is 3.82. The number of rotatable bonds is 6. The molecule has 9 heteroatoms. The van der Waals surface area contributed by atoms with E-state index in [9.17, 15) is 19.3 Å². The molecule has 1 aromatic heterocycles. The van der Waals surface area contributed by atoms with Crippen molar-refractivity contribution in [1.82, 2.24) is 15.2 Å². The highest BCUT2D eigenvalue weighted by Crippen LogP contribution is 2.48. The largest absolute Gasteiger partial charge is 0.293 e. The predicted molar refractivity (Wildman–Crippen MR) is 132 cm³/mol. The third-order valence-electron chi connectivity index (χ3n) is 6.77. The quantitative estimate of drug-likeness (QED) is 0.292. The van der Waals surface area contributed by atoms with E-state index in [1.807, 2.05) is 24.3 Å². The van der Waals surface area contributed by atoms with Crippen molar-refractivity contribution in [3.8, 4) is 11.4 Å². The number of aromatic nitrogens is 3. The molecule has 36 heavy (non-hydrogen) atoms. The number of nitrogens with one attached hydrogen (secondary N) is 2. The van der Waals surface area contributed by atoms with Crippen molar-refractivity contribution in [3.63, 3.8) is 0 Å². The van der Waals surface area contributed by atoms with E-state index >= 15 is 0 Å². The van der Waals surface area contributed by atoms with Crippen molar-refractivity contribution in [2.24, 2.45) is 5.41 Å². The number of aromatic amines is 1. The minimum absolute atomic E-state index is 0.0362. The van der Waals surface area contributed by atoms with Gasteiger partial charge in [0.15, 0.2) is 5.82 Å². The molecule has 1 aliphatic rings. The van der Waals surface area contributed by atoms with Crippen LogP contribution in [0.4, 0.5) is 10.3 Å². The Morgan fingerprint density at radius 3 is 2.25 bits per heavy atom. The number of carbonyl (C=O) groups is 1. The van der Waals surface area contributed by atoms with Crippen molar-refractivity contribution < 1.29 is 14.1 Å². The Labute approximate surface area is 206 Å². The van der Waals surface area contributed by atoms with E-state index in [0.29, 0.717) is 17.5 Å². The molecule has 5 rings (SSSR count). The lowest BCUT2D eigenvalue weighted by molar-refractivity contribution is -0.570. The van der Waals surface area contributed by atoms with Gasteiger partial charge in [0, 0.05) is 22.5 Å². The van der Waals surface area contributed by atoms with Gasteiger partial charge in [-0.2, -0.15) is 4.98 Å². The van der Waals surface area contributed by atoms with Crippen LogP contribution in [0, 0.1) is 21.3 Å². The van der Waals surface area contributed by atoms with Crippen LogP contribution < -0.4 is 5.32 Å². The van der Waals surface area contributed by atoms with Crippen molar-refractivity contribution in [2.75, 3.05) is 5.32 Å². The molecular formula is C27H24FN5O3. The van der Waals surface area contributed by atoms with Gasteiger partial charge in [-0.3, -0.25) is 25.3 Å². The SMILES string of the molecule is CC(C)(CC1([N+](=O)[O-])c2ccccc2Cc2ccccc21)C(=O)Nc1n[nH]c(-c2ccccc2F)n1. The Kier molecular flexibility index (Phi) is 5.62. The molecular weight excluding hydrogens is 461 g/mol. The second-order valence-electron chi connectivity index (χ2n) is 9.61. The maximum Gasteiger partial charge on any atom is 0.273 e. The van der Waals surface area contributed by atoms with Crippen LogP contribution in [0.3, 0.4) is 0 Å². The monoisotopic (exact) mass is 485 g/mol. The highest BCUT2D eigenvalue weighted by atomic mass is 19.1. The molecule has 2 N–H and O–H groups in total. The van der Waals surface area contributed by atoms with Gasteiger partial charge in [0.25, 0.3) is 5.54 Å². The maximum absolute atomic E-state index is 14.1. The van der Waals surface area contributed by atoms with E-state index in [0.717, 1.165) is 11.1 Å². The molecule has 0 bridgehead atoms. The molecule has 0 saturated heterocycles. The summed E-state index contributed by atoms with van der Waals surface area (Å²) >= 11 is 0. The van der Waals surface area contributed by atoms with Crippen LogP contribution in [0.15, 0.2) is 72.8 Å². The summed E-state index contributed by atoms with van der Waals surface area (Å²) in [5, 5.41) is 22.1. The van der Waals surface area contributed by atoms with Crippen LogP contribution in [-0.4, -0.2) is 26.0 Å². The molecule has 3 aromatic carbocycles. The highest BCUT2D eigenvalue weighted by Gasteiger charge is 2.55. The van der Waals surface area contributed by atoms with Crippen LogP contribution in [-0.2, 0) is 16.8 Å². The van der Waals surface area contributed by atoms with Gasteiger partial charge < -0.3 is 0 Å². The zero-order valence-electron chi connectivity index (χ0n) is 19.8. The predicted octanol–water partition coefficient (Wildman–Crippen LogP) is 5.09. The summed E-state index contributed by atoms with van der Waals surface area (Å²) in [7, 11) is 0. The molecule has 4 aromatic rings. The van der Waals surface area contributed by atoms with Gasteiger partial charge >= 0.3 is 0 Å². The number of benzene rings is 3. The first kappa shape index (κ1) is 23.3. The average molecular weight is 486 g/mol. The molecule has 1 aliphatic carbocycles. The third-order valence-corrected chi connectivity index (χ3v) is 6.77. The Bertz CT molecular complexity index is 1430. The van der Waals surface area contributed by atoms with Gasteiger partial charge in [0.1, 0.15) is 5.82 Å². The van der Waals surface area contributed by atoms with Crippen LogP contribution in [0.1, 0.15) is 42.5 Å². The summed E-state index contributed by atoms with van der Waals surface area (Å²) in [6.07, 6.45) is 0.502. The Hall–Kier alpha value is -4.40. The van der Waals surface area contributed by atoms with Gasteiger partial charge in [-0.15, -0.1) is 5.10 Å². The zero-order valence-corrected chi connectivity index (χ0v) is 19.8. The molecule has 0 atom stereocenters. The number of amides is 1. The van der Waals surface area contributed by atoms with Crippen molar-refractivity contribution >= 4 is 11.9 Å². The minimum Gasteiger partial charge on any atom is -0.293 e. The summed E-state index contributed by atoms with van der Waals surface area (Å²) in [6, 6.07) is 20.7. The van der Waals surface area contributed by atoms with E-state index in [1.54, 1.807) is 56.3 Å². The van der Waals surface area contributed by atoms with E-state index < -0.39 is 22.7 Å². The van der Waals surface area contributed by atoms with Gasteiger partial charge in [0.2, 0.25) is 11.9 Å². The number of anilines is 1. The Morgan fingerprint density at radius 1 is 1.06 bits per heavy atom. The highest BCUT2D eigenvalue weighted by molar-refractivity contribution is 5.93. The van der Waals surface area contributed by atoms with E-state index in [2.05, 4.69) is 20.5 Å². The maximum atomic E-state index is 14.1. The van der Waals surface area contributed by atoms with Crippen molar-refractivity contribution in [2.45, 2.75) is 32.2 Å². The Balaban J connectivity index is 1.49. The average Bonchev–Trinajstić information content (AvgIpc) is 3.32. The van der Waals surface area contributed by atoms with Gasteiger partial charge in [-0.25, -0.2) is 4.39 Å². The van der Waals surface area contributed by atoms with Crippen LogP contribution in [0.25, 0.3) is 11.4 Å².